The van der Waals surface area contributed by atoms with Gasteiger partial charge in [0.15, 0.2) is 0 Å². The van der Waals surface area contributed by atoms with E-state index in [0.717, 1.165) is 22.6 Å². The summed E-state index contributed by atoms with van der Waals surface area (Å²) in [6.45, 7) is 8.09. The van der Waals surface area contributed by atoms with E-state index in [1.807, 2.05) is 32.2 Å². The van der Waals surface area contributed by atoms with Crippen molar-refractivity contribution in [2.45, 2.75) is 34.1 Å². The highest BCUT2D eigenvalue weighted by atomic mass is 32.1. The number of amides is 1. The second-order valence-electron chi connectivity index (χ2n) is 6.03. The summed E-state index contributed by atoms with van der Waals surface area (Å²) < 4.78 is 1.80. The molecule has 0 saturated carbocycles. The Morgan fingerprint density at radius 1 is 1.35 bits per heavy atom. The Morgan fingerprint density at radius 2 is 2.13 bits per heavy atom. The molecule has 0 aromatic carbocycles. The topological polar surface area (TPSA) is 72.2 Å². The van der Waals surface area contributed by atoms with E-state index in [0.29, 0.717) is 22.4 Å². The van der Waals surface area contributed by atoms with Gasteiger partial charge in [0.2, 0.25) is 5.13 Å². The van der Waals surface area contributed by atoms with E-state index in [1.54, 1.807) is 4.40 Å². The number of aryl methyl sites for hydroxylation is 2. The Morgan fingerprint density at radius 3 is 2.87 bits per heavy atom. The molecule has 0 atom stereocenters. The lowest BCUT2D eigenvalue weighted by molar-refractivity contribution is 0.102. The van der Waals surface area contributed by atoms with Crippen LogP contribution in [0.1, 0.15) is 40.6 Å². The maximum Gasteiger partial charge on any atom is 0.276 e. The normalized spacial score (nSPS) is 11.3. The van der Waals surface area contributed by atoms with E-state index >= 15 is 0 Å². The van der Waals surface area contributed by atoms with Crippen molar-refractivity contribution in [3.05, 3.63) is 40.3 Å². The second-order valence-corrected chi connectivity index (χ2v) is 7.09. The highest BCUT2D eigenvalue weighted by molar-refractivity contribution is 7.15. The number of hydrogen-bond acceptors (Lipinski definition) is 5. The third kappa shape index (κ3) is 3.24. The predicted molar refractivity (Wildman–Crippen MR) is 91.1 cm³/mol. The number of nitrogens with zero attached hydrogens (tertiary/aromatic N) is 4. The highest BCUT2D eigenvalue weighted by Gasteiger charge is 2.18. The van der Waals surface area contributed by atoms with Crippen LogP contribution < -0.4 is 5.32 Å². The number of carbonyl (C=O) groups excluding carboxylic acids is 1. The lowest BCUT2D eigenvalue weighted by Crippen LogP contribution is -2.15. The zero-order valence-corrected chi connectivity index (χ0v) is 14.4. The van der Waals surface area contributed by atoms with Crippen LogP contribution >= 0.6 is 11.3 Å². The molecule has 0 aliphatic heterocycles. The Hall–Kier alpha value is -2.28. The minimum Gasteiger partial charge on any atom is -0.295 e. The van der Waals surface area contributed by atoms with E-state index in [1.165, 1.54) is 11.3 Å². The molecule has 0 radical (unpaired) electrons. The Balaban J connectivity index is 1.86. The predicted octanol–water partition coefficient (Wildman–Crippen LogP) is 3.25. The number of nitrogens with one attached hydrogen (secondary N) is 1. The smallest absolute Gasteiger partial charge is 0.276 e. The van der Waals surface area contributed by atoms with Gasteiger partial charge in [-0.05, 0) is 37.5 Å². The number of aromatic nitrogens is 4. The van der Waals surface area contributed by atoms with Crippen LogP contribution in [0.4, 0.5) is 5.13 Å². The fourth-order valence-electron chi connectivity index (χ4n) is 2.43. The fraction of sp³-hybridized carbons (Fsp3) is 0.375. The fourth-order valence-corrected chi connectivity index (χ4v) is 3.38. The summed E-state index contributed by atoms with van der Waals surface area (Å²) in [5.41, 5.74) is 3.10. The third-order valence-corrected chi connectivity index (χ3v) is 4.30. The zero-order chi connectivity index (χ0) is 16.6. The van der Waals surface area contributed by atoms with Crippen LogP contribution in [-0.2, 0) is 6.42 Å². The molecule has 3 aromatic heterocycles. The summed E-state index contributed by atoms with van der Waals surface area (Å²) >= 11 is 1.42. The van der Waals surface area contributed by atoms with Gasteiger partial charge in [0.1, 0.15) is 16.3 Å². The van der Waals surface area contributed by atoms with Gasteiger partial charge in [0.05, 0.1) is 5.69 Å². The van der Waals surface area contributed by atoms with Gasteiger partial charge in [-0.3, -0.25) is 14.5 Å². The van der Waals surface area contributed by atoms with Gasteiger partial charge in [0.25, 0.3) is 5.91 Å². The molecule has 3 aromatic rings. The van der Waals surface area contributed by atoms with Gasteiger partial charge in [-0.15, -0.1) is 10.2 Å². The van der Waals surface area contributed by atoms with Crippen LogP contribution in [0, 0.1) is 19.8 Å². The van der Waals surface area contributed by atoms with Gasteiger partial charge in [0, 0.05) is 12.6 Å². The molecule has 0 aliphatic rings. The first-order valence-electron chi connectivity index (χ1n) is 7.53. The van der Waals surface area contributed by atoms with Crippen LogP contribution in [0.25, 0.3) is 5.65 Å². The maximum absolute atomic E-state index is 12.6. The standard InChI is InChI=1S/C16H19N5OS/c1-9(2)7-13-19-20-16(23-13)18-15(22)14-11(4)17-12-8-10(3)5-6-21(12)14/h5-6,8-9H,7H2,1-4H3,(H,18,20,22). The second kappa shape index (κ2) is 6.08. The average Bonchev–Trinajstić information content (AvgIpc) is 3.00. The number of hydrogen-bond donors (Lipinski definition) is 1. The van der Waals surface area contributed by atoms with Crippen molar-refractivity contribution < 1.29 is 4.79 Å². The summed E-state index contributed by atoms with van der Waals surface area (Å²) in [5, 5.41) is 12.5. The number of imidazole rings is 1. The molecular weight excluding hydrogens is 310 g/mol. The van der Waals surface area contributed by atoms with Crippen LogP contribution in [-0.4, -0.2) is 25.5 Å². The molecule has 23 heavy (non-hydrogen) atoms. The molecule has 0 aliphatic carbocycles. The summed E-state index contributed by atoms with van der Waals surface area (Å²) in [7, 11) is 0. The summed E-state index contributed by atoms with van der Waals surface area (Å²) in [4.78, 5) is 17.0. The van der Waals surface area contributed by atoms with Gasteiger partial charge >= 0.3 is 0 Å². The van der Waals surface area contributed by atoms with E-state index < -0.39 is 0 Å². The van der Waals surface area contributed by atoms with Crippen LogP contribution in [0.15, 0.2) is 18.3 Å². The molecule has 6 nitrogen and oxygen atoms in total. The van der Waals surface area contributed by atoms with E-state index in [4.69, 9.17) is 0 Å². The monoisotopic (exact) mass is 329 g/mol. The zero-order valence-electron chi connectivity index (χ0n) is 13.6. The lowest BCUT2D eigenvalue weighted by Gasteiger charge is -2.03. The van der Waals surface area contributed by atoms with Crippen LogP contribution in [0.5, 0.6) is 0 Å². The molecule has 3 heterocycles. The number of anilines is 1. The van der Waals surface area contributed by atoms with Crippen molar-refractivity contribution in [3.8, 4) is 0 Å². The molecule has 0 spiro atoms. The Bertz CT molecular complexity index is 865. The van der Waals surface area contributed by atoms with Crippen LogP contribution in [0.2, 0.25) is 0 Å². The first-order valence-corrected chi connectivity index (χ1v) is 8.34. The molecular formula is C16H19N5OS. The minimum absolute atomic E-state index is 0.217. The molecule has 7 heteroatoms. The van der Waals surface area contributed by atoms with E-state index in [2.05, 4.69) is 34.3 Å². The summed E-state index contributed by atoms with van der Waals surface area (Å²) in [5.74, 6) is 0.293. The maximum atomic E-state index is 12.6. The summed E-state index contributed by atoms with van der Waals surface area (Å²) in [6.07, 6.45) is 2.73. The largest absolute Gasteiger partial charge is 0.295 e. The van der Waals surface area contributed by atoms with Crippen molar-refractivity contribution in [1.82, 2.24) is 19.6 Å². The van der Waals surface area contributed by atoms with Crippen molar-refractivity contribution in [2.24, 2.45) is 5.92 Å². The molecule has 3 rings (SSSR count). The van der Waals surface area contributed by atoms with Crippen molar-refractivity contribution in [3.63, 3.8) is 0 Å². The first-order chi connectivity index (χ1) is 10.9. The van der Waals surface area contributed by atoms with E-state index in [9.17, 15) is 4.79 Å². The molecule has 1 amide bonds. The molecule has 1 N–H and O–H groups in total. The first kappa shape index (κ1) is 15.6. The minimum atomic E-state index is -0.217. The van der Waals surface area contributed by atoms with Gasteiger partial charge < -0.3 is 0 Å². The molecule has 0 fully saturated rings. The van der Waals surface area contributed by atoms with Gasteiger partial charge in [-0.1, -0.05) is 25.2 Å². The Kier molecular flexibility index (Phi) is 4.12. The highest BCUT2D eigenvalue weighted by Crippen LogP contribution is 2.20. The van der Waals surface area contributed by atoms with E-state index in [-0.39, 0.29) is 5.91 Å². The lowest BCUT2D eigenvalue weighted by atomic mass is 10.1. The molecule has 0 saturated heterocycles. The van der Waals surface area contributed by atoms with Crippen molar-refractivity contribution in [2.75, 3.05) is 5.32 Å². The SMILES string of the molecule is Cc1ccn2c(C(=O)Nc3nnc(CC(C)C)s3)c(C)nc2c1. The van der Waals surface area contributed by atoms with Crippen molar-refractivity contribution >= 4 is 28.0 Å². The number of pyridine rings is 1. The third-order valence-electron chi connectivity index (χ3n) is 3.44. The quantitative estimate of drug-likeness (QED) is 0.797. The average molecular weight is 329 g/mol. The summed E-state index contributed by atoms with van der Waals surface area (Å²) in [6, 6.07) is 3.91. The number of rotatable bonds is 4. The van der Waals surface area contributed by atoms with Crippen LogP contribution in [0.3, 0.4) is 0 Å². The molecule has 0 unspecified atom stereocenters. The molecule has 0 bridgehead atoms. The van der Waals surface area contributed by atoms with Gasteiger partial charge in [-0.25, -0.2) is 4.98 Å². The van der Waals surface area contributed by atoms with Gasteiger partial charge in [-0.2, -0.15) is 0 Å². The number of carbonyl (C=O) groups is 1. The Labute approximate surface area is 138 Å². The number of fused-ring (bicyclic) bond motifs is 1. The molecule has 120 valence electrons. The van der Waals surface area contributed by atoms with Crippen molar-refractivity contribution in [1.29, 1.82) is 0 Å².